The van der Waals surface area contributed by atoms with Crippen LogP contribution in [0.4, 0.5) is 5.69 Å². The Morgan fingerprint density at radius 1 is 0.964 bits per heavy atom. The van der Waals surface area contributed by atoms with E-state index >= 15 is 0 Å². The highest BCUT2D eigenvalue weighted by Crippen LogP contribution is 2.30. The van der Waals surface area contributed by atoms with Gasteiger partial charge >= 0.3 is 0 Å². The van der Waals surface area contributed by atoms with E-state index in [-0.39, 0.29) is 17.9 Å². The molecule has 2 saturated heterocycles. The van der Waals surface area contributed by atoms with Gasteiger partial charge in [-0.25, -0.2) is 0 Å². The van der Waals surface area contributed by atoms with Crippen molar-refractivity contribution in [1.29, 1.82) is 0 Å². The van der Waals surface area contributed by atoms with Crippen molar-refractivity contribution in [2.75, 3.05) is 31.1 Å². The second-order valence-corrected chi connectivity index (χ2v) is 7.82. The number of piperidine rings is 1. The summed E-state index contributed by atoms with van der Waals surface area (Å²) >= 11 is 0. The number of rotatable bonds is 6. The average Bonchev–Trinajstić information content (AvgIpc) is 2.65. The Hall–Kier alpha value is -2.12. The zero-order chi connectivity index (χ0) is 20.3. The molecular formula is C21H31N3O4. The normalized spacial score (nSPS) is 21.2. The van der Waals surface area contributed by atoms with Gasteiger partial charge in [0.25, 0.3) is 0 Å². The lowest BCUT2D eigenvalue weighted by atomic mass is 10.1. The summed E-state index contributed by atoms with van der Waals surface area (Å²) in [6, 6.07) is 8.00. The zero-order valence-corrected chi connectivity index (χ0v) is 17.0. The summed E-state index contributed by atoms with van der Waals surface area (Å²) in [4.78, 5) is 30.3. The zero-order valence-electron chi connectivity index (χ0n) is 17.0. The third kappa shape index (κ3) is 4.47. The molecule has 1 aromatic rings. The summed E-state index contributed by atoms with van der Waals surface area (Å²) in [7, 11) is 0. The van der Waals surface area contributed by atoms with Crippen molar-refractivity contribution < 1.29 is 19.4 Å². The van der Waals surface area contributed by atoms with Gasteiger partial charge in [0.1, 0.15) is 11.9 Å². The fourth-order valence-corrected chi connectivity index (χ4v) is 4.05. The number of likely N-dealkylation sites (tertiary alicyclic amines) is 1. The molecular weight excluding hydrogens is 358 g/mol. The summed E-state index contributed by atoms with van der Waals surface area (Å²) in [5.74, 6) is 0.500. The first-order chi connectivity index (χ1) is 13.4. The quantitative estimate of drug-likeness (QED) is 0.749. The number of carbonyl (C=O) groups excluding carboxylic acids is 2. The van der Waals surface area contributed by atoms with Gasteiger partial charge in [0.05, 0.1) is 17.9 Å². The van der Waals surface area contributed by atoms with Gasteiger partial charge in [0, 0.05) is 39.0 Å². The summed E-state index contributed by atoms with van der Waals surface area (Å²) < 4.78 is 5.94. The number of imide groups is 1. The molecule has 7 heteroatoms. The molecule has 154 valence electrons. The van der Waals surface area contributed by atoms with Crippen molar-refractivity contribution in [3.63, 3.8) is 0 Å². The van der Waals surface area contributed by atoms with E-state index in [0.29, 0.717) is 32.4 Å². The number of hydrogen-bond acceptors (Lipinski definition) is 6. The molecule has 28 heavy (non-hydrogen) atoms. The predicted octanol–water partition coefficient (Wildman–Crippen LogP) is 1.84. The number of para-hydroxylation sites is 2. The summed E-state index contributed by atoms with van der Waals surface area (Å²) in [5, 5.41) is 10.4. The Kier molecular flexibility index (Phi) is 6.57. The van der Waals surface area contributed by atoms with Crippen molar-refractivity contribution in [3.8, 4) is 5.75 Å². The van der Waals surface area contributed by atoms with Crippen LogP contribution in [-0.2, 0) is 9.59 Å². The molecule has 0 aliphatic carbocycles. The number of anilines is 1. The van der Waals surface area contributed by atoms with E-state index in [1.165, 1.54) is 4.90 Å². The highest BCUT2D eigenvalue weighted by atomic mass is 16.5. The molecule has 2 fully saturated rings. The van der Waals surface area contributed by atoms with Crippen LogP contribution >= 0.6 is 0 Å². The standard InChI is InChI=1S/C21H31N3O4/c1-15(2)28-18-8-5-4-7-17(18)22-11-13-23(14-12-22)21(16(3)25)24-19(26)9-6-10-20(24)27/h4-5,7-8,15-16,21,25H,6,9-14H2,1-3H3. The number of aliphatic hydroxyl groups excluding tert-OH is 1. The maximum absolute atomic E-state index is 12.4. The lowest BCUT2D eigenvalue weighted by Gasteiger charge is -2.45. The third-order valence-electron chi connectivity index (χ3n) is 5.27. The average molecular weight is 389 g/mol. The highest BCUT2D eigenvalue weighted by molar-refractivity contribution is 5.97. The SMILES string of the molecule is CC(C)Oc1ccccc1N1CCN(C(C(C)O)N2C(=O)CCCC2=O)CC1. The number of aliphatic hydroxyl groups is 1. The number of ether oxygens (including phenoxy) is 1. The molecule has 2 atom stereocenters. The van der Waals surface area contributed by atoms with Gasteiger partial charge in [-0.3, -0.25) is 19.4 Å². The Balaban J connectivity index is 1.72. The van der Waals surface area contributed by atoms with Crippen LogP contribution in [0.25, 0.3) is 0 Å². The van der Waals surface area contributed by atoms with E-state index < -0.39 is 12.3 Å². The number of benzene rings is 1. The first-order valence-electron chi connectivity index (χ1n) is 10.2. The molecule has 0 radical (unpaired) electrons. The van der Waals surface area contributed by atoms with E-state index in [9.17, 15) is 14.7 Å². The molecule has 2 amide bonds. The van der Waals surface area contributed by atoms with Gasteiger partial charge in [0.2, 0.25) is 11.8 Å². The lowest BCUT2D eigenvalue weighted by molar-refractivity contribution is -0.161. The number of carbonyl (C=O) groups is 2. The van der Waals surface area contributed by atoms with Crippen LogP contribution in [-0.4, -0.2) is 71.3 Å². The summed E-state index contributed by atoms with van der Waals surface area (Å²) in [6.45, 7) is 8.45. The Morgan fingerprint density at radius 2 is 1.57 bits per heavy atom. The fraction of sp³-hybridized carbons (Fsp3) is 0.619. The Labute approximate surface area is 166 Å². The van der Waals surface area contributed by atoms with Crippen LogP contribution in [0.1, 0.15) is 40.0 Å². The van der Waals surface area contributed by atoms with Crippen molar-refractivity contribution in [2.45, 2.75) is 58.4 Å². The molecule has 2 aliphatic heterocycles. The highest BCUT2D eigenvalue weighted by Gasteiger charge is 2.39. The molecule has 3 rings (SSSR count). The smallest absolute Gasteiger partial charge is 0.230 e. The van der Waals surface area contributed by atoms with E-state index in [0.717, 1.165) is 24.5 Å². The van der Waals surface area contributed by atoms with Gasteiger partial charge in [0.15, 0.2) is 0 Å². The minimum atomic E-state index is -0.797. The third-order valence-corrected chi connectivity index (χ3v) is 5.27. The Bertz CT molecular complexity index is 683. The van der Waals surface area contributed by atoms with Crippen LogP contribution in [0.2, 0.25) is 0 Å². The maximum Gasteiger partial charge on any atom is 0.230 e. The van der Waals surface area contributed by atoms with Gasteiger partial charge in [-0.15, -0.1) is 0 Å². The van der Waals surface area contributed by atoms with Gasteiger partial charge < -0.3 is 14.7 Å². The molecule has 0 aromatic heterocycles. The first-order valence-corrected chi connectivity index (χ1v) is 10.2. The maximum atomic E-state index is 12.4. The molecule has 2 unspecified atom stereocenters. The second-order valence-electron chi connectivity index (χ2n) is 7.82. The van der Waals surface area contributed by atoms with Gasteiger partial charge in [-0.2, -0.15) is 0 Å². The van der Waals surface area contributed by atoms with Crippen molar-refractivity contribution in [3.05, 3.63) is 24.3 Å². The minimum absolute atomic E-state index is 0.0955. The van der Waals surface area contributed by atoms with E-state index in [1.54, 1.807) is 6.92 Å². The number of amides is 2. The number of piperazine rings is 1. The molecule has 1 aromatic carbocycles. The second kappa shape index (κ2) is 8.92. The fourth-order valence-electron chi connectivity index (χ4n) is 4.05. The van der Waals surface area contributed by atoms with E-state index in [4.69, 9.17) is 4.74 Å². The number of nitrogens with zero attached hydrogens (tertiary/aromatic N) is 3. The topological polar surface area (TPSA) is 73.3 Å². The summed E-state index contributed by atoms with van der Waals surface area (Å²) in [5.41, 5.74) is 1.05. The van der Waals surface area contributed by atoms with Crippen LogP contribution in [0, 0.1) is 0 Å². The molecule has 1 N–H and O–H groups in total. The van der Waals surface area contributed by atoms with Gasteiger partial charge in [-0.05, 0) is 39.3 Å². The van der Waals surface area contributed by atoms with Crippen molar-refractivity contribution in [2.24, 2.45) is 0 Å². The summed E-state index contributed by atoms with van der Waals surface area (Å²) in [6.07, 6.45) is 0.0436. The largest absolute Gasteiger partial charge is 0.489 e. The molecule has 7 nitrogen and oxygen atoms in total. The van der Waals surface area contributed by atoms with E-state index in [2.05, 4.69) is 11.0 Å². The van der Waals surface area contributed by atoms with E-state index in [1.807, 2.05) is 36.9 Å². The van der Waals surface area contributed by atoms with Crippen LogP contribution in [0.5, 0.6) is 5.75 Å². The first kappa shape index (κ1) is 20.6. The minimum Gasteiger partial charge on any atom is -0.489 e. The Morgan fingerprint density at radius 3 is 2.14 bits per heavy atom. The molecule has 2 heterocycles. The lowest BCUT2D eigenvalue weighted by Crippen LogP contribution is -2.63. The van der Waals surface area contributed by atoms with Crippen molar-refractivity contribution >= 4 is 17.5 Å². The number of hydrogen-bond donors (Lipinski definition) is 1. The van der Waals surface area contributed by atoms with Crippen LogP contribution < -0.4 is 9.64 Å². The molecule has 0 saturated carbocycles. The van der Waals surface area contributed by atoms with Gasteiger partial charge in [-0.1, -0.05) is 12.1 Å². The monoisotopic (exact) mass is 389 g/mol. The molecule has 0 bridgehead atoms. The van der Waals surface area contributed by atoms with Crippen LogP contribution in [0.15, 0.2) is 24.3 Å². The predicted molar refractivity (Wildman–Crippen MR) is 107 cm³/mol. The van der Waals surface area contributed by atoms with Crippen molar-refractivity contribution in [1.82, 2.24) is 9.80 Å². The molecule has 0 spiro atoms. The molecule has 2 aliphatic rings. The van der Waals surface area contributed by atoms with Crippen LogP contribution in [0.3, 0.4) is 0 Å².